The highest BCUT2D eigenvalue weighted by Gasteiger charge is 2.09. The van der Waals surface area contributed by atoms with E-state index in [-0.39, 0.29) is 11.1 Å². The SMILES string of the molecule is COc1cc(C(=O)NCc2cccnc2)cc(Cl)n1. The van der Waals surface area contributed by atoms with Gasteiger partial charge in [-0.25, -0.2) is 4.98 Å². The van der Waals surface area contributed by atoms with Crippen molar-refractivity contribution in [1.82, 2.24) is 15.3 Å². The van der Waals surface area contributed by atoms with Crippen molar-refractivity contribution in [3.8, 4) is 5.88 Å². The summed E-state index contributed by atoms with van der Waals surface area (Å²) in [6.45, 7) is 0.398. The van der Waals surface area contributed by atoms with Crippen molar-refractivity contribution in [3.05, 3.63) is 52.9 Å². The smallest absolute Gasteiger partial charge is 0.251 e. The summed E-state index contributed by atoms with van der Waals surface area (Å²) in [6.07, 6.45) is 3.37. The number of ether oxygens (including phenoxy) is 1. The maximum atomic E-state index is 12.0. The van der Waals surface area contributed by atoms with Crippen LogP contribution in [0.1, 0.15) is 15.9 Å². The lowest BCUT2D eigenvalue weighted by atomic mass is 10.2. The summed E-state index contributed by atoms with van der Waals surface area (Å²) >= 11 is 5.81. The molecule has 1 amide bonds. The highest BCUT2D eigenvalue weighted by atomic mass is 35.5. The Kier molecular flexibility index (Phi) is 4.30. The number of nitrogens with zero attached hydrogens (tertiary/aromatic N) is 2. The van der Waals surface area contributed by atoms with Gasteiger partial charge in [0, 0.05) is 30.6 Å². The molecule has 2 aromatic heterocycles. The van der Waals surface area contributed by atoms with E-state index in [1.165, 1.54) is 19.2 Å². The average molecular weight is 278 g/mol. The van der Waals surface area contributed by atoms with E-state index in [2.05, 4.69) is 15.3 Å². The minimum atomic E-state index is -0.244. The number of rotatable bonds is 4. The summed E-state index contributed by atoms with van der Waals surface area (Å²) < 4.78 is 4.96. The monoisotopic (exact) mass is 277 g/mol. The summed E-state index contributed by atoms with van der Waals surface area (Å²) in [6, 6.07) is 6.72. The zero-order valence-electron chi connectivity index (χ0n) is 10.3. The van der Waals surface area contributed by atoms with E-state index in [1.54, 1.807) is 12.4 Å². The first-order valence-corrected chi connectivity index (χ1v) is 5.95. The molecule has 0 fully saturated rings. The number of carbonyl (C=O) groups excluding carboxylic acids is 1. The van der Waals surface area contributed by atoms with Gasteiger partial charge in [-0.2, -0.15) is 0 Å². The largest absolute Gasteiger partial charge is 0.481 e. The molecule has 2 rings (SSSR count). The molecule has 0 radical (unpaired) electrons. The van der Waals surface area contributed by atoms with Crippen molar-refractivity contribution in [2.75, 3.05) is 7.11 Å². The van der Waals surface area contributed by atoms with E-state index in [1.807, 2.05) is 12.1 Å². The third-order valence-corrected chi connectivity index (χ3v) is 2.61. The highest BCUT2D eigenvalue weighted by Crippen LogP contribution is 2.16. The second kappa shape index (κ2) is 6.15. The predicted molar refractivity (Wildman–Crippen MR) is 71.2 cm³/mol. The van der Waals surface area contributed by atoms with Gasteiger partial charge in [0.1, 0.15) is 5.15 Å². The number of aromatic nitrogens is 2. The summed E-state index contributed by atoms with van der Waals surface area (Å²) in [5.41, 5.74) is 1.32. The number of pyridine rings is 2. The maximum absolute atomic E-state index is 12.0. The van der Waals surface area contributed by atoms with Gasteiger partial charge in [-0.05, 0) is 17.7 Å². The second-order valence-corrected chi connectivity index (χ2v) is 4.15. The fraction of sp³-hybridized carbons (Fsp3) is 0.154. The van der Waals surface area contributed by atoms with Crippen LogP contribution >= 0.6 is 11.6 Å². The fourth-order valence-corrected chi connectivity index (χ4v) is 1.70. The van der Waals surface area contributed by atoms with Crippen LogP contribution in [0.15, 0.2) is 36.7 Å². The van der Waals surface area contributed by atoms with Crippen LogP contribution < -0.4 is 10.1 Å². The molecular formula is C13H12ClN3O2. The first-order valence-electron chi connectivity index (χ1n) is 5.57. The first-order chi connectivity index (χ1) is 9.19. The van der Waals surface area contributed by atoms with Crippen LogP contribution in [0.5, 0.6) is 5.88 Å². The molecule has 0 bridgehead atoms. The third kappa shape index (κ3) is 3.66. The molecule has 2 heterocycles. The van der Waals surface area contributed by atoms with Gasteiger partial charge in [0.15, 0.2) is 0 Å². The maximum Gasteiger partial charge on any atom is 0.251 e. The van der Waals surface area contributed by atoms with E-state index in [0.717, 1.165) is 5.56 Å². The number of carbonyl (C=O) groups is 1. The highest BCUT2D eigenvalue weighted by molar-refractivity contribution is 6.29. The topological polar surface area (TPSA) is 64.1 Å². The Bertz CT molecular complexity index is 575. The van der Waals surface area contributed by atoms with Gasteiger partial charge >= 0.3 is 0 Å². The van der Waals surface area contributed by atoms with Gasteiger partial charge in [0.05, 0.1) is 7.11 Å². The normalized spacial score (nSPS) is 10.0. The second-order valence-electron chi connectivity index (χ2n) is 3.76. The molecule has 2 aromatic rings. The number of halogens is 1. The van der Waals surface area contributed by atoms with Crippen LogP contribution in [0.3, 0.4) is 0 Å². The quantitative estimate of drug-likeness (QED) is 0.869. The van der Waals surface area contributed by atoms with Crippen molar-refractivity contribution >= 4 is 17.5 Å². The van der Waals surface area contributed by atoms with Gasteiger partial charge < -0.3 is 10.1 Å². The molecule has 19 heavy (non-hydrogen) atoms. The summed E-state index contributed by atoms with van der Waals surface area (Å²) in [5.74, 6) is 0.0606. The van der Waals surface area contributed by atoms with Crippen LogP contribution in [0.25, 0.3) is 0 Å². The Labute approximate surface area is 115 Å². The van der Waals surface area contributed by atoms with Crippen LogP contribution in [0, 0.1) is 0 Å². The lowest BCUT2D eigenvalue weighted by Gasteiger charge is -2.06. The van der Waals surface area contributed by atoms with Gasteiger partial charge in [-0.15, -0.1) is 0 Å². The molecule has 0 atom stereocenters. The Balaban J connectivity index is 2.06. The van der Waals surface area contributed by atoms with Gasteiger partial charge in [0.2, 0.25) is 5.88 Å². The standard InChI is InChI=1S/C13H12ClN3O2/c1-19-12-6-10(5-11(14)17-12)13(18)16-8-9-3-2-4-15-7-9/h2-7H,8H2,1H3,(H,16,18). The van der Waals surface area contributed by atoms with Gasteiger partial charge in [0.25, 0.3) is 5.91 Å². The Hall–Kier alpha value is -2.14. The van der Waals surface area contributed by atoms with Crippen LogP contribution in [0.2, 0.25) is 5.15 Å². The zero-order valence-corrected chi connectivity index (χ0v) is 11.0. The third-order valence-electron chi connectivity index (χ3n) is 2.42. The van der Waals surface area contributed by atoms with Gasteiger partial charge in [-0.3, -0.25) is 9.78 Å². The molecule has 0 unspecified atom stereocenters. The van der Waals surface area contributed by atoms with E-state index in [4.69, 9.17) is 16.3 Å². The predicted octanol–water partition coefficient (Wildman–Crippen LogP) is 2.07. The summed E-state index contributed by atoms with van der Waals surface area (Å²) in [7, 11) is 1.47. The number of hydrogen-bond donors (Lipinski definition) is 1. The van der Waals surface area contributed by atoms with E-state index in [0.29, 0.717) is 18.0 Å². The molecular weight excluding hydrogens is 266 g/mol. The van der Waals surface area contributed by atoms with E-state index >= 15 is 0 Å². The molecule has 5 nitrogen and oxygen atoms in total. The van der Waals surface area contributed by atoms with Crippen molar-refractivity contribution < 1.29 is 9.53 Å². The number of hydrogen-bond acceptors (Lipinski definition) is 4. The van der Waals surface area contributed by atoms with E-state index < -0.39 is 0 Å². The molecule has 0 aliphatic heterocycles. The number of methoxy groups -OCH3 is 1. The minimum Gasteiger partial charge on any atom is -0.481 e. The lowest BCUT2D eigenvalue weighted by molar-refractivity contribution is 0.0950. The number of nitrogens with one attached hydrogen (secondary N) is 1. The minimum absolute atomic E-state index is 0.214. The van der Waals surface area contributed by atoms with Crippen molar-refractivity contribution in [2.45, 2.75) is 6.54 Å². The molecule has 0 spiro atoms. The molecule has 0 aromatic carbocycles. The molecule has 98 valence electrons. The Morgan fingerprint density at radius 1 is 1.47 bits per heavy atom. The molecule has 0 saturated carbocycles. The van der Waals surface area contributed by atoms with E-state index in [9.17, 15) is 4.79 Å². The molecule has 0 saturated heterocycles. The molecule has 1 N–H and O–H groups in total. The van der Waals surface area contributed by atoms with Crippen LogP contribution in [-0.4, -0.2) is 23.0 Å². The van der Waals surface area contributed by atoms with Crippen LogP contribution in [0.4, 0.5) is 0 Å². The summed E-state index contributed by atoms with van der Waals surface area (Å²) in [5, 5.41) is 2.99. The summed E-state index contributed by atoms with van der Waals surface area (Å²) in [4.78, 5) is 19.8. The van der Waals surface area contributed by atoms with Crippen molar-refractivity contribution in [3.63, 3.8) is 0 Å². The van der Waals surface area contributed by atoms with Crippen molar-refractivity contribution in [1.29, 1.82) is 0 Å². The first kappa shape index (κ1) is 13.3. The molecule has 0 aliphatic carbocycles. The zero-order chi connectivity index (χ0) is 13.7. The fourth-order valence-electron chi connectivity index (χ4n) is 1.50. The molecule has 0 aliphatic rings. The Morgan fingerprint density at radius 2 is 2.32 bits per heavy atom. The average Bonchev–Trinajstić information content (AvgIpc) is 2.45. The lowest BCUT2D eigenvalue weighted by Crippen LogP contribution is -2.23. The van der Waals surface area contributed by atoms with Crippen LogP contribution in [-0.2, 0) is 6.54 Å². The number of amides is 1. The Morgan fingerprint density at radius 3 is 3.00 bits per heavy atom. The molecule has 6 heteroatoms. The van der Waals surface area contributed by atoms with Crippen molar-refractivity contribution in [2.24, 2.45) is 0 Å². The van der Waals surface area contributed by atoms with Gasteiger partial charge in [-0.1, -0.05) is 17.7 Å².